The van der Waals surface area contributed by atoms with E-state index in [0.29, 0.717) is 4.32 Å². The van der Waals surface area contributed by atoms with Crippen LogP contribution in [0.15, 0.2) is 24.3 Å². The van der Waals surface area contributed by atoms with E-state index in [1.165, 1.54) is 34.9 Å². The number of thioether (sulfide) groups is 1. The second-order valence-corrected chi connectivity index (χ2v) is 6.83. The summed E-state index contributed by atoms with van der Waals surface area (Å²) < 4.78 is 38.9. The number of carbonyl (C=O) groups excluding carboxylic acids is 2. The monoisotopic (exact) mass is 362 g/mol. The Morgan fingerprint density at radius 3 is 2.61 bits per heavy atom. The lowest BCUT2D eigenvalue weighted by Gasteiger charge is -2.16. The fourth-order valence-corrected chi connectivity index (χ4v) is 3.49. The van der Waals surface area contributed by atoms with Gasteiger partial charge in [0, 0.05) is 13.0 Å². The van der Waals surface area contributed by atoms with Gasteiger partial charge in [-0.2, -0.15) is 13.2 Å². The molecule has 1 saturated heterocycles. The zero-order valence-corrected chi connectivity index (χ0v) is 13.6. The lowest BCUT2D eigenvalue weighted by atomic mass is 10.1. The van der Waals surface area contributed by atoms with Crippen LogP contribution < -0.4 is 5.32 Å². The summed E-state index contributed by atoms with van der Waals surface area (Å²) >= 11 is 6.26. The molecule has 1 aromatic carbocycles. The fraction of sp³-hybridized carbons (Fsp3) is 0.357. The minimum absolute atomic E-state index is 0.0506. The molecule has 4 nitrogen and oxygen atoms in total. The van der Waals surface area contributed by atoms with Gasteiger partial charge in [0.25, 0.3) is 0 Å². The van der Waals surface area contributed by atoms with Crippen molar-refractivity contribution in [2.45, 2.75) is 24.8 Å². The van der Waals surface area contributed by atoms with Crippen molar-refractivity contribution in [1.29, 1.82) is 0 Å². The van der Waals surface area contributed by atoms with Gasteiger partial charge in [-0.1, -0.05) is 36.1 Å². The summed E-state index contributed by atoms with van der Waals surface area (Å²) in [6.45, 7) is 1.76. The minimum Gasteiger partial charge on any atom is -0.325 e. The van der Waals surface area contributed by atoms with E-state index >= 15 is 0 Å². The Morgan fingerprint density at radius 1 is 1.39 bits per heavy atom. The van der Waals surface area contributed by atoms with Crippen LogP contribution >= 0.6 is 24.0 Å². The van der Waals surface area contributed by atoms with Crippen molar-refractivity contribution < 1.29 is 22.8 Å². The molecule has 1 fully saturated rings. The summed E-state index contributed by atoms with van der Waals surface area (Å²) in [6.07, 6.45) is -4.69. The Hall–Kier alpha value is -1.61. The van der Waals surface area contributed by atoms with Crippen LogP contribution in [0, 0.1) is 0 Å². The molecule has 0 spiro atoms. The number of anilines is 1. The number of amides is 2. The summed E-state index contributed by atoms with van der Waals surface area (Å²) in [5, 5.41) is 1.94. The molecule has 1 N–H and O–H groups in total. The maximum atomic E-state index is 12.9. The van der Waals surface area contributed by atoms with E-state index in [4.69, 9.17) is 12.2 Å². The lowest BCUT2D eigenvalue weighted by Crippen LogP contribution is -2.33. The molecule has 1 aliphatic rings. The second kappa shape index (κ2) is 6.88. The molecule has 2 amide bonds. The predicted octanol–water partition coefficient (Wildman–Crippen LogP) is 3.28. The number of para-hydroxylation sites is 1. The number of thiocarbonyl (C=S) groups is 1. The molecule has 0 bridgehead atoms. The maximum absolute atomic E-state index is 12.9. The van der Waals surface area contributed by atoms with Crippen molar-refractivity contribution in [1.82, 2.24) is 4.90 Å². The van der Waals surface area contributed by atoms with Crippen LogP contribution in [0.5, 0.6) is 0 Å². The van der Waals surface area contributed by atoms with Gasteiger partial charge in [0.05, 0.1) is 16.5 Å². The highest BCUT2D eigenvalue weighted by molar-refractivity contribution is 8.24. The first-order valence-electron chi connectivity index (χ1n) is 6.68. The number of alkyl halides is 3. The number of nitrogens with zero attached hydrogens (tertiary/aromatic N) is 1. The van der Waals surface area contributed by atoms with E-state index in [1.54, 1.807) is 6.92 Å². The number of hydrogen-bond acceptors (Lipinski definition) is 4. The maximum Gasteiger partial charge on any atom is 0.418 e. The molecule has 0 aromatic heterocycles. The highest BCUT2D eigenvalue weighted by Gasteiger charge is 2.35. The van der Waals surface area contributed by atoms with Gasteiger partial charge in [0.15, 0.2) is 0 Å². The van der Waals surface area contributed by atoms with Crippen molar-refractivity contribution >= 4 is 45.8 Å². The van der Waals surface area contributed by atoms with E-state index in [9.17, 15) is 22.8 Å². The van der Waals surface area contributed by atoms with Gasteiger partial charge < -0.3 is 5.32 Å². The Morgan fingerprint density at radius 2 is 2.04 bits per heavy atom. The highest BCUT2D eigenvalue weighted by Crippen LogP contribution is 2.34. The topological polar surface area (TPSA) is 49.4 Å². The molecule has 1 aromatic rings. The number of hydrogen-bond donors (Lipinski definition) is 1. The second-order valence-electron chi connectivity index (χ2n) is 4.86. The molecule has 1 unspecified atom stereocenters. The zero-order chi connectivity index (χ0) is 17.2. The zero-order valence-electron chi connectivity index (χ0n) is 12.0. The van der Waals surface area contributed by atoms with Gasteiger partial charge in [-0.3, -0.25) is 14.5 Å². The van der Waals surface area contributed by atoms with E-state index in [2.05, 4.69) is 5.32 Å². The first-order valence-corrected chi connectivity index (χ1v) is 7.97. The molecule has 1 atom stereocenters. The molecule has 1 heterocycles. The van der Waals surface area contributed by atoms with Crippen LogP contribution in [0.3, 0.4) is 0 Å². The van der Waals surface area contributed by atoms with Crippen LogP contribution in [-0.2, 0) is 15.8 Å². The highest BCUT2D eigenvalue weighted by atomic mass is 32.2. The van der Waals surface area contributed by atoms with Crippen molar-refractivity contribution in [2.24, 2.45) is 0 Å². The number of benzene rings is 1. The molecule has 9 heteroatoms. The van der Waals surface area contributed by atoms with E-state index in [0.717, 1.165) is 6.07 Å². The first-order chi connectivity index (χ1) is 10.7. The van der Waals surface area contributed by atoms with E-state index in [-0.39, 0.29) is 29.8 Å². The van der Waals surface area contributed by atoms with Gasteiger partial charge in [0.2, 0.25) is 11.8 Å². The normalized spacial score (nSPS) is 18.4. The third-order valence-corrected chi connectivity index (χ3v) is 4.67. The summed E-state index contributed by atoms with van der Waals surface area (Å²) in [7, 11) is 0. The van der Waals surface area contributed by atoms with E-state index in [1.807, 2.05) is 0 Å². The number of nitrogens with one attached hydrogen (secondary N) is 1. The fourth-order valence-electron chi connectivity index (χ4n) is 2.04. The van der Waals surface area contributed by atoms with Gasteiger partial charge in [-0.05, 0) is 19.1 Å². The third-order valence-electron chi connectivity index (χ3n) is 3.18. The molecule has 23 heavy (non-hydrogen) atoms. The summed E-state index contributed by atoms with van der Waals surface area (Å²) in [6, 6.07) is 4.73. The molecule has 2 rings (SSSR count). The van der Waals surface area contributed by atoms with Crippen LogP contribution in [0.4, 0.5) is 18.9 Å². The molecule has 1 aliphatic heterocycles. The Kier molecular flexibility index (Phi) is 5.30. The Bertz CT molecular complexity index is 649. The average Bonchev–Trinajstić information content (AvgIpc) is 2.69. The number of rotatable bonds is 4. The van der Waals surface area contributed by atoms with Gasteiger partial charge >= 0.3 is 6.18 Å². The smallest absolute Gasteiger partial charge is 0.325 e. The quantitative estimate of drug-likeness (QED) is 0.835. The molecule has 0 aliphatic carbocycles. The van der Waals surface area contributed by atoms with Gasteiger partial charge in [-0.15, -0.1) is 0 Å². The summed E-state index contributed by atoms with van der Waals surface area (Å²) in [4.78, 5) is 25.0. The van der Waals surface area contributed by atoms with Gasteiger partial charge in [0.1, 0.15) is 4.32 Å². The van der Waals surface area contributed by atoms with Gasteiger partial charge in [-0.25, -0.2) is 0 Å². The molecular formula is C14H13F3N2O2S2. The summed E-state index contributed by atoms with van der Waals surface area (Å²) in [5.74, 6) is -0.801. The van der Waals surface area contributed by atoms with Crippen molar-refractivity contribution in [3.63, 3.8) is 0 Å². The van der Waals surface area contributed by atoms with Crippen LogP contribution in [0.25, 0.3) is 0 Å². The Labute approximate surface area is 140 Å². The number of halogens is 3. The predicted molar refractivity (Wildman–Crippen MR) is 86.1 cm³/mol. The molecule has 124 valence electrons. The Balaban J connectivity index is 1.99. The van der Waals surface area contributed by atoms with Crippen molar-refractivity contribution in [3.05, 3.63) is 29.8 Å². The first kappa shape index (κ1) is 17.7. The van der Waals surface area contributed by atoms with Crippen molar-refractivity contribution in [3.8, 4) is 0 Å². The molecular weight excluding hydrogens is 349 g/mol. The minimum atomic E-state index is -4.55. The lowest BCUT2D eigenvalue weighted by molar-refractivity contribution is -0.137. The van der Waals surface area contributed by atoms with E-state index < -0.39 is 17.6 Å². The molecule has 0 radical (unpaired) electrons. The van der Waals surface area contributed by atoms with Crippen LogP contribution in [-0.4, -0.2) is 32.8 Å². The standard InChI is InChI=1S/C14H13F3N2O2S2/c1-8-12(21)19(13(22)23-8)7-6-11(20)18-10-5-3-2-4-9(10)14(15,16)17/h2-5,8H,6-7H2,1H3,(H,18,20). The van der Waals surface area contributed by atoms with Crippen molar-refractivity contribution in [2.75, 3.05) is 11.9 Å². The largest absolute Gasteiger partial charge is 0.418 e. The molecule has 0 saturated carbocycles. The summed E-state index contributed by atoms with van der Waals surface area (Å²) in [5.41, 5.74) is -1.21. The van der Waals surface area contributed by atoms with Crippen LogP contribution in [0.2, 0.25) is 0 Å². The SMILES string of the molecule is CC1SC(=S)N(CCC(=O)Nc2ccccc2C(F)(F)F)C1=O. The number of carbonyl (C=O) groups is 2. The average molecular weight is 362 g/mol. The third kappa shape index (κ3) is 4.23. The van der Waals surface area contributed by atoms with Crippen LogP contribution in [0.1, 0.15) is 18.9 Å².